The SMILES string of the molecule is CC(C)Cc1cc(B(O)O)cc(C#N)n1. The Labute approximate surface area is 89.3 Å². The van der Waals surface area contributed by atoms with E-state index in [1.54, 1.807) is 6.07 Å². The van der Waals surface area contributed by atoms with E-state index in [2.05, 4.69) is 4.98 Å². The lowest BCUT2D eigenvalue weighted by molar-refractivity contribution is 0.425. The largest absolute Gasteiger partial charge is 0.488 e. The van der Waals surface area contributed by atoms with Gasteiger partial charge in [0.15, 0.2) is 0 Å². The van der Waals surface area contributed by atoms with E-state index in [1.165, 1.54) is 6.07 Å². The summed E-state index contributed by atoms with van der Waals surface area (Å²) in [6.07, 6.45) is 0.718. The van der Waals surface area contributed by atoms with Gasteiger partial charge in [0.25, 0.3) is 0 Å². The molecule has 1 rings (SSSR count). The highest BCUT2D eigenvalue weighted by molar-refractivity contribution is 6.58. The molecule has 0 aromatic carbocycles. The molecule has 2 N–H and O–H groups in total. The van der Waals surface area contributed by atoms with E-state index in [1.807, 2.05) is 19.9 Å². The Balaban J connectivity index is 3.07. The number of nitriles is 1. The van der Waals surface area contributed by atoms with Crippen molar-refractivity contribution in [1.29, 1.82) is 5.26 Å². The maximum Gasteiger partial charge on any atom is 0.488 e. The molecular weight excluding hydrogens is 191 g/mol. The van der Waals surface area contributed by atoms with E-state index >= 15 is 0 Å². The fraction of sp³-hybridized carbons (Fsp3) is 0.400. The van der Waals surface area contributed by atoms with Crippen LogP contribution in [0.25, 0.3) is 0 Å². The van der Waals surface area contributed by atoms with Gasteiger partial charge in [0.2, 0.25) is 0 Å². The predicted molar refractivity (Wildman–Crippen MR) is 57.3 cm³/mol. The molecule has 78 valence electrons. The predicted octanol–water partition coefficient (Wildman–Crippen LogP) is -0.168. The topological polar surface area (TPSA) is 77.1 Å². The van der Waals surface area contributed by atoms with Crippen molar-refractivity contribution in [2.24, 2.45) is 5.92 Å². The summed E-state index contributed by atoms with van der Waals surface area (Å²) in [5.74, 6) is 0.412. The lowest BCUT2D eigenvalue weighted by Crippen LogP contribution is -2.31. The van der Waals surface area contributed by atoms with Gasteiger partial charge in [-0.2, -0.15) is 5.26 Å². The van der Waals surface area contributed by atoms with Crippen LogP contribution >= 0.6 is 0 Å². The normalized spacial score (nSPS) is 10.1. The molecular formula is C10H13BN2O2. The van der Waals surface area contributed by atoms with E-state index < -0.39 is 7.12 Å². The van der Waals surface area contributed by atoms with Crippen LogP contribution in [0.4, 0.5) is 0 Å². The molecule has 0 radical (unpaired) electrons. The Kier molecular flexibility index (Phi) is 3.84. The Hall–Kier alpha value is -1.38. The third-order valence-corrected chi connectivity index (χ3v) is 1.93. The molecule has 0 bridgehead atoms. The Bertz CT molecular complexity index is 385. The van der Waals surface area contributed by atoms with Crippen molar-refractivity contribution in [3.05, 3.63) is 23.5 Å². The molecule has 1 heterocycles. The summed E-state index contributed by atoms with van der Waals surface area (Å²) in [7, 11) is -1.55. The second-order valence-electron chi connectivity index (χ2n) is 3.86. The van der Waals surface area contributed by atoms with Gasteiger partial charge in [-0.25, -0.2) is 4.98 Å². The Morgan fingerprint density at radius 2 is 2.13 bits per heavy atom. The van der Waals surface area contributed by atoms with E-state index in [-0.39, 0.29) is 5.69 Å². The van der Waals surface area contributed by atoms with Crippen LogP contribution in [0, 0.1) is 17.2 Å². The van der Waals surface area contributed by atoms with Crippen LogP contribution in [0.3, 0.4) is 0 Å². The third-order valence-electron chi connectivity index (χ3n) is 1.93. The minimum Gasteiger partial charge on any atom is -0.423 e. The van der Waals surface area contributed by atoms with Crippen molar-refractivity contribution in [1.82, 2.24) is 4.98 Å². The zero-order valence-corrected chi connectivity index (χ0v) is 8.81. The number of hydrogen-bond acceptors (Lipinski definition) is 4. The van der Waals surface area contributed by atoms with E-state index in [0.29, 0.717) is 17.1 Å². The second-order valence-corrected chi connectivity index (χ2v) is 3.86. The maximum atomic E-state index is 9.02. The summed E-state index contributed by atoms with van der Waals surface area (Å²) in [5, 5.41) is 26.8. The van der Waals surface area contributed by atoms with Gasteiger partial charge in [0.05, 0.1) is 0 Å². The van der Waals surface area contributed by atoms with Crippen LogP contribution in [0.1, 0.15) is 25.2 Å². The first kappa shape index (κ1) is 11.7. The molecule has 1 aromatic rings. The summed E-state index contributed by atoms with van der Waals surface area (Å²) in [5.41, 5.74) is 1.25. The summed E-state index contributed by atoms with van der Waals surface area (Å²) in [6, 6.07) is 4.90. The Morgan fingerprint density at radius 3 is 2.60 bits per heavy atom. The number of pyridine rings is 1. The number of hydrogen-bond donors (Lipinski definition) is 2. The van der Waals surface area contributed by atoms with Crippen molar-refractivity contribution in [3.63, 3.8) is 0 Å². The highest BCUT2D eigenvalue weighted by Gasteiger charge is 2.14. The third kappa shape index (κ3) is 3.35. The van der Waals surface area contributed by atoms with Crippen molar-refractivity contribution in [2.75, 3.05) is 0 Å². The van der Waals surface area contributed by atoms with Crippen LogP contribution in [-0.4, -0.2) is 22.2 Å². The Morgan fingerprint density at radius 1 is 1.47 bits per heavy atom. The van der Waals surface area contributed by atoms with Crippen LogP contribution in [-0.2, 0) is 6.42 Å². The van der Waals surface area contributed by atoms with E-state index in [9.17, 15) is 0 Å². The van der Waals surface area contributed by atoms with Gasteiger partial charge in [-0.1, -0.05) is 13.8 Å². The number of aromatic nitrogens is 1. The number of nitrogens with zero attached hydrogens (tertiary/aromatic N) is 2. The molecule has 0 unspecified atom stereocenters. The van der Waals surface area contributed by atoms with Gasteiger partial charge in [-0.3, -0.25) is 0 Å². The molecule has 0 amide bonds. The molecule has 0 aliphatic carbocycles. The fourth-order valence-corrected chi connectivity index (χ4v) is 1.34. The lowest BCUT2D eigenvalue weighted by atomic mass is 9.79. The molecule has 15 heavy (non-hydrogen) atoms. The van der Waals surface area contributed by atoms with Gasteiger partial charge in [-0.15, -0.1) is 0 Å². The van der Waals surface area contributed by atoms with E-state index in [0.717, 1.165) is 6.42 Å². The molecule has 1 aromatic heterocycles. The standard InChI is InChI=1S/C10H13BN2O2/c1-7(2)3-9-4-8(11(14)15)5-10(6-12)13-9/h4-5,7,14-15H,3H2,1-2H3. The zero-order valence-electron chi connectivity index (χ0n) is 8.81. The van der Waals surface area contributed by atoms with Crippen LogP contribution in [0.2, 0.25) is 0 Å². The van der Waals surface area contributed by atoms with Gasteiger partial charge in [0.1, 0.15) is 11.8 Å². The lowest BCUT2D eigenvalue weighted by Gasteiger charge is -2.07. The molecule has 5 heteroatoms. The number of rotatable bonds is 3. The molecule has 4 nitrogen and oxygen atoms in total. The monoisotopic (exact) mass is 204 g/mol. The van der Waals surface area contributed by atoms with Gasteiger partial charge in [0, 0.05) is 5.69 Å². The molecule has 0 saturated carbocycles. The van der Waals surface area contributed by atoms with Crippen LogP contribution in [0.5, 0.6) is 0 Å². The fourth-order valence-electron chi connectivity index (χ4n) is 1.34. The van der Waals surface area contributed by atoms with Gasteiger partial charge >= 0.3 is 7.12 Å². The molecule has 0 aliphatic heterocycles. The highest BCUT2D eigenvalue weighted by atomic mass is 16.4. The maximum absolute atomic E-state index is 9.02. The van der Waals surface area contributed by atoms with Gasteiger partial charge in [-0.05, 0) is 29.9 Å². The molecule has 0 aliphatic rings. The molecule has 0 atom stereocenters. The van der Waals surface area contributed by atoms with Crippen molar-refractivity contribution in [2.45, 2.75) is 20.3 Å². The minimum atomic E-state index is -1.55. The zero-order chi connectivity index (χ0) is 11.4. The summed E-state index contributed by atoms with van der Waals surface area (Å²) in [6.45, 7) is 4.07. The first-order valence-corrected chi connectivity index (χ1v) is 4.80. The average molecular weight is 204 g/mol. The summed E-state index contributed by atoms with van der Waals surface area (Å²) >= 11 is 0. The first-order valence-electron chi connectivity index (χ1n) is 4.80. The molecule has 0 fully saturated rings. The minimum absolute atomic E-state index is 0.219. The summed E-state index contributed by atoms with van der Waals surface area (Å²) in [4.78, 5) is 4.09. The van der Waals surface area contributed by atoms with Crippen LogP contribution < -0.4 is 5.46 Å². The quantitative estimate of drug-likeness (QED) is 0.670. The van der Waals surface area contributed by atoms with Crippen LogP contribution in [0.15, 0.2) is 12.1 Å². The van der Waals surface area contributed by atoms with Crippen molar-refractivity contribution >= 4 is 12.6 Å². The second kappa shape index (κ2) is 4.92. The van der Waals surface area contributed by atoms with Crippen molar-refractivity contribution in [3.8, 4) is 6.07 Å². The molecule has 0 spiro atoms. The smallest absolute Gasteiger partial charge is 0.423 e. The van der Waals surface area contributed by atoms with E-state index in [4.69, 9.17) is 15.3 Å². The first-order chi connectivity index (χ1) is 7.02. The molecule has 0 saturated heterocycles. The van der Waals surface area contributed by atoms with Gasteiger partial charge < -0.3 is 10.0 Å². The van der Waals surface area contributed by atoms with Crippen molar-refractivity contribution < 1.29 is 10.0 Å². The summed E-state index contributed by atoms with van der Waals surface area (Å²) < 4.78 is 0. The highest BCUT2D eigenvalue weighted by Crippen LogP contribution is 2.05. The average Bonchev–Trinajstić information content (AvgIpc) is 2.16.